The van der Waals surface area contributed by atoms with Gasteiger partial charge in [0.1, 0.15) is 0 Å². The third-order valence-electron chi connectivity index (χ3n) is 1.71. The molecule has 0 aromatic heterocycles. The van der Waals surface area contributed by atoms with Crippen LogP contribution in [0.3, 0.4) is 0 Å². The van der Waals surface area contributed by atoms with Gasteiger partial charge < -0.3 is 20.5 Å². The number of carboxylic acids is 1. The van der Waals surface area contributed by atoms with Crippen molar-refractivity contribution in [2.75, 3.05) is 33.1 Å². The van der Waals surface area contributed by atoms with E-state index < -0.39 is 28.1 Å². The smallest absolute Gasteiger partial charge is 0.328 e. The maximum atomic E-state index is 11.2. The number of urea groups is 1. The topological polar surface area (TPSA) is 134 Å². The summed E-state index contributed by atoms with van der Waals surface area (Å²) >= 11 is 0. The number of methoxy groups -OCH3 is 1. The van der Waals surface area contributed by atoms with Crippen LogP contribution in [0.15, 0.2) is 0 Å². The van der Waals surface area contributed by atoms with E-state index in [-0.39, 0.29) is 19.7 Å². The molecule has 1 unspecified atom stereocenters. The Balaban J connectivity index is 3.92. The van der Waals surface area contributed by atoms with Crippen molar-refractivity contribution in [2.45, 2.75) is 6.04 Å². The van der Waals surface area contributed by atoms with E-state index in [1.165, 1.54) is 7.11 Å². The van der Waals surface area contributed by atoms with Crippen LogP contribution < -0.4 is 15.4 Å². The molecule has 10 heteroatoms. The van der Waals surface area contributed by atoms with Gasteiger partial charge in [0.05, 0.1) is 12.9 Å². The second kappa shape index (κ2) is 7.84. The molecule has 1 atom stereocenters. The molecule has 0 aromatic rings. The maximum absolute atomic E-state index is 11.2. The van der Waals surface area contributed by atoms with E-state index in [9.17, 15) is 18.0 Å². The minimum Gasteiger partial charge on any atom is -0.480 e. The number of hydrogen-bond acceptors (Lipinski definition) is 5. The quantitative estimate of drug-likeness (QED) is 0.378. The third kappa shape index (κ3) is 8.73. The highest BCUT2D eigenvalue weighted by molar-refractivity contribution is 7.88. The lowest BCUT2D eigenvalue weighted by Gasteiger charge is -2.14. The van der Waals surface area contributed by atoms with Gasteiger partial charge in [-0.15, -0.1) is 0 Å². The fraction of sp³-hybridized carbons (Fsp3) is 0.750. The monoisotopic (exact) mass is 283 g/mol. The molecule has 106 valence electrons. The van der Waals surface area contributed by atoms with Crippen molar-refractivity contribution in [3.05, 3.63) is 0 Å². The lowest BCUT2D eigenvalue weighted by Crippen LogP contribution is -2.49. The number of carboxylic acid groups (broad SMARTS) is 1. The SMILES string of the molecule is COCC(NC(=O)NCCNS(C)(=O)=O)C(=O)O. The third-order valence-corrected chi connectivity index (χ3v) is 2.44. The number of nitrogens with one attached hydrogen (secondary N) is 3. The molecule has 0 spiro atoms. The largest absolute Gasteiger partial charge is 0.480 e. The Kier molecular flexibility index (Phi) is 7.24. The zero-order valence-electron chi connectivity index (χ0n) is 10.1. The molecule has 0 saturated heterocycles. The first kappa shape index (κ1) is 16.6. The molecule has 0 heterocycles. The minimum absolute atomic E-state index is 0.0221. The molecular formula is C8H17N3O6S. The second-order valence-electron chi connectivity index (χ2n) is 3.41. The Bertz CT molecular complexity index is 382. The standard InChI is InChI=1S/C8H17N3O6S/c1-17-5-6(7(12)13)11-8(14)9-3-4-10-18(2,15)16/h6,10H,3-5H2,1-2H3,(H,12,13)(H2,9,11,14). The van der Waals surface area contributed by atoms with E-state index in [0.717, 1.165) is 6.26 Å². The van der Waals surface area contributed by atoms with E-state index in [2.05, 4.69) is 20.1 Å². The summed E-state index contributed by atoms with van der Waals surface area (Å²) in [6, 6.07) is -1.87. The zero-order valence-corrected chi connectivity index (χ0v) is 10.9. The van der Waals surface area contributed by atoms with Gasteiger partial charge >= 0.3 is 12.0 Å². The molecule has 0 bridgehead atoms. The lowest BCUT2D eigenvalue weighted by molar-refractivity contribution is -0.140. The van der Waals surface area contributed by atoms with Crippen molar-refractivity contribution in [1.82, 2.24) is 15.4 Å². The predicted octanol–water partition coefficient (Wildman–Crippen LogP) is -2.07. The van der Waals surface area contributed by atoms with Crippen molar-refractivity contribution < 1.29 is 27.9 Å². The number of sulfonamides is 1. The fourth-order valence-corrected chi connectivity index (χ4v) is 1.44. The molecule has 9 nitrogen and oxygen atoms in total. The Morgan fingerprint density at radius 1 is 1.33 bits per heavy atom. The average Bonchev–Trinajstić information content (AvgIpc) is 2.22. The Labute approximate surface area is 105 Å². The summed E-state index contributed by atoms with van der Waals surface area (Å²) < 4.78 is 28.2. The summed E-state index contributed by atoms with van der Waals surface area (Å²) in [5.74, 6) is -1.22. The number of hydrogen-bond donors (Lipinski definition) is 4. The Morgan fingerprint density at radius 3 is 2.39 bits per heavy atom. The van der Waals surface area contributed by atoms with Crippen molar-refractivity contribution >= 4 is 22.0 Å². The van der Waals surface area contributed by atoms with Crippen LogP contribution in [0.25, 0.3) is 0 Å². The number of carbonyl (C=O) groups excluding carboxylic acids is 1. The number of ether oxygens (including phenoxy) is 1. The number of carbonyl (C=O) groups is 2. The molecule has 0 aliphatic carbocycles. The predicted molar refractivity (Wildman–Crippen MR) is 62.7 cm³/mol. The van der Waals surface area contributed by atoms with E-state index in [1.807, 2.05) is 0 Å². The van der Waals surface area contributed by atoms with Crippen LogP contribution in [-0.2, 0) is 19.6 Å². The summed E-state index contributed by atoms with van der Waals surface area (Å²) in [7, 11) is -1.99. The maximum Gasteiger partial charge on any atom is 0.328 e. The van der Waals surface area contributed by atoms with E-state index in [0.29, 0.717) is 0 Å². The van der Waals surface area contributed by atoms with Gasteiger partial charge in [-0.25, -0.2) is 22.7 Å². The van der Waals surface area contributed by atoms with Crippen LogP contribution in [0.4, 0.5) is 4.79 Å². The van der Waals surface area contributed by atoms with Crippen LogP contribution in [0.2, 0.25) is 0 Å². The van der Waals surface area contributed by atoms with Crippen LogP contribution in [0.5, 0.6) is 0 Å². The zero-order chi connectivity index (χ0) is 14.2. The summed E-state index contributed by atoms with van der Waals surface area (Å²) in [6.07, 6.45) is 0.992. The first-order chi connectivity index (χ1) is 8.26. The van der Waals surface area contributed by atoms with E-state index in [1.54, 1.807) is 0 Å². The summed E-state index contributed by atoms with van der Waals surface area (Å²) in [5.41, 5.74) is 0. The Morgan fingerprint density at radius 2 is 1.94 bits per heavy atom. The van der Waals surface area contributed by atoms with Crippen molar-refractivity contribution in [2.24, 2.45) is 0 Å². The van der Waals surface area contributed by atoms with Crippen LogP contribution in [0, 0.1) is 0 Å². The van der Waals surface area contributed by atoms with Gasteiger partial charge in [-0.2, -0.15) is 0 Å². The molecular weight excluding hydrogens is 266 g/mol. The van der Waals surface area contributed by atoms with Gasteiger partial charge in [-0.1, -0.05) is 0 Å². The first-order valence-corrected chi connectivity index (χ1v) is 6.86. The molecule has 4 N–H and O–H groups in total. The lowest BCUT2D eigenvalue weighted by atomic mass is 10.3. The van der Waals surface area contributed by atoms with Crippen molar-refractivity contribution in [3.63, 3.8) is 0 Å². The molecule has 2 amide bonds. The molecule has 0 radical (unpaired) electrons. The summed E-state index contributed by atoms with van der Waals surface area (Å²) in [4.78, 5) is 21.9. The van der Waals surface area contributed by atoms with Crippen LogP contribution in [-0.4, -0.2) is 64.6 Å². The van der Waals surface area contributed by atoms with Crippen molar-refractivity contribution in [3.8, 4) is 0 Å². The van der Waals surface area contributed by atoms with Crippen LogP contribution >= 0.6 is 0 Å². The highest BCUT2D eigenvalue weighted by Gasteiger charge is 2.19. The molecule has 0 fully saturated rings. The average molecular weight is 283 g/mol. The molecule has 0 saturated carbocycles. The molecule has 0 aromatic carbocycles. The van der Waals surface area contributed by atoms with Gasteiger partial charge in [-0.3, -0.25) is 0 Å². The highest BCUT2D eigenvalue weighted by atomic mass is 32.2. The molecule has 0 aliphatic rings. The van der Waals surface area contributed by atoms with E-state index in [4.69, 9.17) is 5.11 Å². The van der Waals surface area contributed by atoms with E-state index >= 15 is 0 Å². The van der Waals surface area contributed by atoms with Gasteiger partial charge in [-0.05, 0) is 0 Å². The normalized spacial score (nSPS) is 12.8. The Hall–Kier alpha value is -1.39. The fourth-order valence-electron chi connectivity index (χ4n) is 0.963. The number of aliphatic carboxylic acids is 1. The number of rotatable bonds is 8. The van der Waals surface area contributed by atoms with Crippen molar-refractivity contribution in [1.29, 1.82) is 0 Å². The summed E-state index contributed by atoms with van der Waals surface area (Å²) in [6.45, 7) is -0.100. The van der Waals surface area contributed by atoms with Gasteiger partial charge in [0.25, 0.3) is 0 Å². The molecule has 0 aliphatic heterocycles. The number of amides is 2. The highest BCUT2D eigenvalue weighted by Crippen LogP contribution is 1.85. The summed E-state index contributed by atoms with van der Waals surface area (Å²) in [5, 5.41) is 13.2. The van der Waals surface area contributed by atoms with Gasteiger partial charge in [0, 0.05) is 20.2 Å². The van der Waals surface area contributed by atoms with Crippen LogP contribution in [0.1, 0.15) is 0 Å². The minimum atomic E-state index is -3.30. The van der Waals surface area contributed by atoms with Gasteiger partial charge in [0.15, 0.2) is 6.04 Å². The van der Waals surface area contributed by atoms with Gasteiger partial charge in [0.2, 0.25) is 10.0 Å². The molecule has 0 rings (SSSR count). The molecule has 18 heavy (non-hydrogen) atoms. The second-order valence-corrected chi connectivity index (χ2v) is 5.25. The first-order valence-electron chi connectivity index (χ1n) is 4.97.